The summed E-state index contributed by atoms with van der Waals surface area (Å²) >= 11 is 2.16. The average Bonchev–Trinajstić information content (AvgIpc) is 2.87. The SMILES string of the molecule is O=C(NCC(=O)N1CCN(c2ccc(OCc3ccccc3)cn2)CC1)c1cccc([125I])c1. The Bertz CT molecular complexity index is 1080. The number of ether oxygens (including phenoxy) is 1. The Morgan fingerprint density at radius 1 is 0.970 bits per heavy atom. The zero-order chi connectivity index (χ0) is 23.0. The van der Waals surface area contributed by atoms with Gasteiger partial charge in [0.15, 0.2) is 0 Å². The van der Waals surface area contributed by atoms with Crippen molar-refractivity contribution in [2.24, 2.45) is 0 Å². The maximum Gasteiger partial charge on any atom is 0.251 e. The van der Waals surface area contributed by atoms with Crippen molar-refractivity contribution in [1.29, 1.82) is 0 Å². The zero-order valence-electron chi connectivity index (χ0n) is 18.1. The topological polar surface area (TPSA) is 74.8 Å². The number of carbonyl (C=O) groups is 2. The van der Waals surface area contributed by atoms with Gasteiger partial charge in [-0.15, -0.1) is 0 Å². The first kappa shape index (κ1) is 23.0. The van der Waals surface area contributed by atoms with Crippen molar-refractivity contribution in [2.45, 2.75) is 6.61 Å². The molecular formula is C25H25IN4O3. The van der Waals surface area contributed by atoms with Crippen LogP contribution in [0.4, 0.5) is 5.82 Å². The van der Waals surface area contributed by atoms with Crippen molar-refractivity contribution in [3.63, 3.8) is 0 Å². The molecule has 1 saturated heterocycles. The highest BCUT2D eigenvalue weighted by molar-refractivity contribution is 14.1. The van der Waals surface area contributed by atoms with Gasteiger partial charge in [0.25, 0.3) is 5.91 Å². The van der Waals surface area contributed by atoms with Crippen molar-refractivity contribution in [3.05, 3.63) is 87.6 Å². The Labute approximate surface area is 206 Å². The lowest BCUT2D eigenvalue weighted by Gasteiger charge is -2.35. The second-order valence-electron chi connectivity index (χ2n) is 7.69. The summed E-state index contributed by atoms with van der Waals surface area (Å²) in [6.07, 6.45) is 1.73. The molecule has 7 nitrogen and oxygen atoms in total. The molecule has 8 heteroatoms. The molecule has 1 aromatic heterocycles. The lowest BCUT2D eigenvalue weighted by Crippen LogP contribution is -2.51. The molecule has 1 N–H and O–H groups in total. The molecule has 2 heterocycles. The second-order valence-corrected chi connectivity index (χ2v) is 8.93. The number of nitrogens with one attached hydrogen (secondary N) is 1. The molecule has 2 aromatic carbocycles. The van der Waals surface area contributed by atoms with Crippen LogP contribution in [-0.2, 0) is 11.4 Å². The first-order chi connectivity index (χ1) is 16.1. The fraction of sp³-hybridized carbons (Fsp3) is 0.240. The summed E-state index contributed by atoms with van der Waals surface area (Å²) in [4.78, 5) is 33.3. The lowest BCUT2D eigenvalue weighted by molar-refractivity contribution is -0.130. The minimum atomic E-state index is -0.237. The number of anilines is 1. The van der Waals surface area contributed by atoms with Crippen molar-refractivity contribution < 1.29 is 14.3 Å². The van der Waals surface area contributed by atoms with Crippen molar-refractivity contribution in [3.8, 4) is 5.75 Å². The summed E-state index contributed by atoms with van der Waals surface area (Å²) in [5.74, 6) is 1.27. The summed E-state index contributed by atoms with van der Waals surface area (Å²) in [6, 6.07) is 21.2. The van der Waals surface area contributed by atoms with E-state index in [1.54, 1.807) is 23.2 Å². The summed E-state index contributed by atoms with van der Waals surface area (Å²) in [5, 5.41) is 2.72. The van der Waals surface area contributed by atoms with E-state index in [1.807, 2.05) is 54.6 Å². The number of carbonyl (C=O) groups excluding carboxylic acids is 2. The molecule has 3 aromatic rings. The Morgan fingerprint density at radius 3 is 2.45 bits per heavy atom. The van der Waals surface area contributed by atoms with Crippen LogP contribution in [0, 0.1) is 3.57 Å². The number of nitrogens with zero attached hydrogens (tertiary/aromatic N) is 3. The highest BCUT2D eigenvalue weighted by Gasteiger charge is 2.22. The third-order valence-electron chi connectivity index (χ3n) is 5.41. The van der Waals surface area contributed by atoms with Gasteiger partial charge in [0.05, 0.1) is 12.7 Å². The summed E-state index contributed by atoms with van der Waals surface area (Å²) in [5.41, 5.74) is 1.67. The molecule has 170 valence electrons. The number of amides is 2. The predicted octanol–water partition coefficient (Wildman–Crippen LogP) is 3.34. The van der Waals surface area contributed by atoms with Crippen LogP contribution in [0.2, 0.25) is 0 Å². The first-order valence-corrected chi connectivity index (χ1v) is 11.9. The highest BCUT2D eigenvalue weighted by Crippen LogP contribution is 2.18. The Hall–Kier alpha value is -3.14. The molecule has 2 amide bonds. The quantitative estimate of drug-likeness (QED) is 0.454. The monoisotopic (exact) mass is 554 g/mol. The van der Waals surface area contributed by atoms with Crippen LogP contribution in [0.5, 0.6) is 5.75 Å². The van der Waals surface area contributed by atoms with Crippen LogP contribution < -0.4 is 15.0 Å². The predicted molar refractivity (Wildman–Crippen MR) is 135 cm³/mol. The van der Waals surface area contributed by atoms with Gasteiger partial charge in [0, 0.05) is 35.3 Å². The van der Waals surface area contributed by atoms with E-state index in [0.717, 1.165) is 20.7 Å². The van der Waals surface area contributed by atoms with Gasteiger partial charge in [-0.3, -0.25) is 9.59 Å². The Kier molecular flexibility index (Phi) is 7.77. The van der Waals surface area contributed by atoms with Crippen LogP contribution in [0.15, 0.2) is 72.9 Å². The third-order valence-corrected chi connectivity index (χ3v) is 6.08. The molecule has 0 radical (unpaired) electrons. The minimum absolute atomic E-state index is 0.00396. The summed E-state index contributed by atoms with van der Waals surface area (Å²) in [6.45, 7) is 3.05. The molecule has 0 aliphatic carbocycles. The molecule has 33 heavy (non-hydrogen) atoms. The number of piperazine rings is 1. The third kappa shape index (κ3) is 6.44. The van der Waals surface area contributed by atoms with E-state index in [1.165, 1.54) is 0 Å². The van der Waals surface area contributed by atoms with E-state index < -0.39 is 0 Å². The Balaban J connectivity index is 1.22. The molecule has 0 saturated carbocycles. The standard InChI is InChI=1S/C25H25IN4O3/c26-21-8-4-7-20(15-21)25(32)28-17-24(31)30-13-11-29(12-14-30)23-10-9-22(16-27-23)33-18-19-5-2-1-3-6-19/h1-10,15-16H,11-14,17-18H2,(H,28,32)/i26-2. The van der Waals surface area contributed by atoms with Crippen molar-refractivity contribution in [2.75, 3.05) is 37.6 Å². The average molecular weight is 554 g/mol. The molecule has 0 spiro atoms. The summed E-state index contributed by atoms with van der Waals surface area (Å²) in [7, 11) is 0. The number of aromatic nitrogens is 1. The van der Waals surface area contributed by atoms with E-state index in [0.29, 0.717) is 38.3 Å². The number of hydrogen-bond acceptors (Lipinski definition) is 5. The van der Waals surface area contributed by atoms with E-state index in [9.17, 15) is 9.59 Å². The largest absolute Gasteiger partial charge is 0.487 e. The van der Waals surface area contributed by atoms with Gasteiger partial charge in [0.1, 0.15) is 18.2 Å². The molecular weight excluding hydrogens is 529 g/mol. The number of rotatable bonds is 7. The van der Waals surface area contributed by atoms with E-state index >= 15 is 0 Å². The number of benzene rings is 2. The first-order valence-electron chi connectivity index (χ1n) is 10.8. The molecule has 0 atom stereocenters. The van der Waals surface area contributed by atoms with Crippen molar-refractivity contribution in [1.82, 2.24) is 15.2 Å². The number of halogens is 1. The molecule has 0 bridgehead atoms. The van der Waals surface area contributed by atoms with Crippen LogP contribution in [0.1, 0.15) is 15.9 Å². The second kappa shape index (κ2) is 11.1. The maximum atomic E-state index is 12.5. The van der Waals surface area contributed by atoms with Crippen LogP contribution in [-0.4, -0.2) is 54.4 Å². The Morgan fingerprint density at radius 2 is 1.76 bits per heavy atom. The van der Waals surface area contributed by atoms with Gasteiger partial charge in [0.2, 0.25) is 5.91 Å². The molecule has 4 rings (SSSR count). The normalized spacial score (nSPS) is 13.5. The molecule has 1 aliphatic rings. The maximum absolute atomic E-state index is 12.5. The molecule has 1 aliphatic heterocycles. The van der Waals surface area contributed by atoms with Gasteiger partial charge in [-0.25, -0.2) is 4.98 Å². The highest BCUT2D eigenvalue weighted by atomic mass is 125. The van der Waals surface area contributed by atoms with Gasteiger partial charge >= 0.3 is 0 Å². The van der Waals surface area contributed by atoms with Gasteiger partial charge in [-0.2, -0.15) is 0 Å². The van der Waals surface area contributed by atoms with Gasteiger partial charge in [-0.05, 0) is 58.5 Å². The van der Waals surface area contributed by atoms with E-state index in [-0.39, 0.29) is 18.4 Å². The van der Waals surface area contributed by atoms with Crippen LogP contribution in [0.25, 0.3) is 0 Å². The number of hydrogen-bond donors (Lipinski definition) is 1. The van der Waals surface area contributed by atoms with Gasteiger partial charge in [-0.1, -0.05) is 36.4 Å². The van der Waals surface area contributed by atoms with Crippen LogP contribution in [0.3, 0.4) is 0 Å². The fourth-order valence-electron chi connectivity index (χ4n) is 3.57. The molecule has 1 fully saturated rings. The smallest absolute Gasteiger partial charge is 0.251 e. The van der Waals surface area contributed by atoms with Gasteiger partial charge < -0.3 is 19.9 Å². The van der Waals surface area contributed by atoms with Crippen LogP contribution >= 0.6 is 22.6 Å². The number of pyridine rings is 1. The van der Waals surface area contributed by atoms with E-state index in [4.69, 9.17) is 4.74 Å². The summed E-state index contributed by atoms with van der Waals surface area (Å²) < 4.78 is 6.78. The fourth-order valence-corrected chi connectivity index (χ4v) is 4.11. The lowest BCUT2D eigenvalue weighted by atomic mass is 10.2. The minimum Gasteiger partial charge on any atom is -0.487 e. The van der Waals surface area contributed by atoms with Crippen molar-refractivity contribution >= 4 is 40.2 Å². The van der Waals surface area contributed by atoms with E-state index in [2.05, 4.69) is 37.8 Å². The molecule has 0 unspecified atom stereocenters. The zero-order valence-corrected chi connectivity index (χ0v) is 20.3.